The number of thiazole rings is 1. The number of hydrogen-bond acceptors (Lipinski definition) is 10. The Bertz CT molecular complexity index is 1360. The zero-order valence-corrected chi connectivity index (χ0v) is 18.2. The summed E-state index contributed by atoms with van der Waals surface area (Å²) >= 11 is 1.24. The Balaban J connectivity index is 1.31. The van der Waals surface area contributed by atoms with Crippen molar-refractivity contribution in [1.29, 1.82) is 5.26 Å². The van der Waals surface area contributed by atoms with Crippen molar-refractivity contribution in [2.45, 2.75) is 19.9 Å². The summed E-state index contributed by atoms with van der Waals surface area (Å²) in [5.41, 5.74) is -0.824. The fraction of sp³-hybridized carbons (Fsp3) is 0.368. The SMILES string of the molecule is CCOC(=O)c1csc(-n2cc(CC3CN(C(=O)Cn4cc(C#N)c(=O)[nH]c4=O)C3)nn2)n1. The maximum atomic E-state index is 12.4. The second-order valence-electron chi connectivity index (χ2n) is 7.30. The predicted molar refractivity (Wildman–Crippen MR) is 113 cm³/mol. The van der Waals surface area contributed by atoms with Crippen LogP contribution in [0.4, 0.5) is 0 Å². The minimum Gasteiger partial charge on any atom is -0.461 e. The van der Waals surface area contributed by atoms with Crippen LogP contribution in [0.15, 0.2) is 27.4 Å². The number of H-pyrrole nitrogens is 1. The van der Waals surface area contributed by atoms with Crippen molar-refractivity contribution in [3.8, 4) is 11.2 Å². The third kappa shape index (κ3) is 4.72. The molecule has 1 amide bonds. The Labute approximate surface area is 189 Å². The zero-order valence-electron chi connectivity index (χ0n) is 17.4. The summed E-state index contributed by atoms with van der Waals surface area (Å²) in [6.45, 7) is 2.69. The summed E-state index contributed by atoms with van der Waals surface area (Å²) in [6.07, 6.45) is 3.40. The minimum absolute atomic E-state index is 0.174. The Hall–Kier alpha value is -4.12. The molecular weight excluding hydrogens is 452 g/mol. The zero-order chi connectivity index (χ0) is 23.5. The summed E-state index contributed by atoms with van der Waals surface area (Å²) in [4.78, 5) is 55.3. The molecule has 0 bridgehead atoms. The van der Waals surface area contributed by atoms with Gasteiger partial charge in [0.15, 0.2) is 5.69 Å². The number of aromatic nitrogens is 6. The van der Waals surface area contributed by atoms with Crippen LogP contribution >= 0.6 is 11.3 Å². The first-order valence-electron chi connectivity index (χ1n) is 9.93. The van der Waals surface area contributed by atoms with Crippen LogP contribution in [0.3, 0.4) is 0 Å². The van der Waals surface area contributed by atoms with Gasteiger partial charge in [-0.3, -0.25) is 19.1 Å². The molecule has 1 saturated heterocycles. The van der Waals surface area contributed by atoms with Gasteiger partial charge in [-0.05, 0) is 19.3 Å². The number of ether oxygens (including phenoxy) is 1. The lowest BCUT2D eigenvalue weighted by atomic mass is 9.95. The lowest BCUT2D eigenvalue weighted by Gasteiger charge is -2.39. The highest BCUT2D eigenvalue weighted by Gasteiger charge is 2.31. The largest absolute Gasteiger partial charge is 0.461 e. The minimum atomic E-state index is -0.780. The lowest BCUT2D eigenvalue weighted by molar-refractivity contribution is -0.138. The van der Waals surface area contributed by atoms with Crippen LogP contribution < -0.4 is 11.2 Å². The Morgan fingerprint density at radius 3 is 2.85 bits per heavy atom. The van der Waals surface area contributed by atoms with Gasteiger partial charge in [-0.25, -0.2) is 14.6 Å². The molecule has 0 unspecified atom stereocenters. The molecule has 170 valence electrons. The highest BCUT2D eigenvalue weighted by atomic mass is 32.1. The van der Waals surface area contributed by atoms with E-state index in [4.69, 9.17) is 10.00 Å². The van der Waals surface area contributed by atoms with Crippen molar-refractivity contribution >= 4 is 23.2 Å². The molecule has 1 N–H and O–H groups in total. The summed E-state index contributed by atoms with van der Waals surface area (Å²) in [6, 6.07) is 1.68. The Morgan fingerprint density at radius 1 is 1.33 bits per heavy atom. The molecule has 0 aromatic carbocycles. The molecule has 3 aromatic rings. The molecular formula is C19H18N8O5S. The van der Waals surface area contributed by atoms with Gasteiger partial charge >= 0.3 is 11.7 Å². The number of esters is 1. The van der Waals surface area contributed by atoms with Crippen molar-refractivity contribution in [3.63, 3.8) is 0 Å². The van der Waals surface area contributed by atoms with E-state index in [1.54, 1.807) is 29.5 Å². The summed E-state index contributed by atoms with van der Waals surface area (Å²) in [5, 5.41) is 19.2. The van der Waals surface area contributed by atoms with E-state index in [1.165, 1.54) is 16.0 Å². The van der Waals surface area contributed by atoms with Gasteiger partial charge in [-0.2, -0.15) is 9.94 Å². The molecule has 0 spiro atoms. The van der Waals surface area contributed by atoms with Gasteiger partial charge in [0.2, 0.25) is 11.0 Å². The smallest absolute Gasteiger partial charge is 0.357 e. The number of likely N-dealkylation sites (tertiary alicyclic amines) is 1. The highest BCUT2D eigenvalue weighted by Crippen LogP contribution is 2.21. The maximum absolute atomic E-state index is 12.4. The third-order valence-electron chi connectivity index (χ3n) is 4.96. The summed E-state index contributed by atoms with van der Waals surface area (Å²) in [7, 11) is 0. The van der Waals surface area contributed by atoms with Crippen molar-refractivity contribution in [1.82, 2.24) is 34.4 Å². The van der Waals surface area contributed by atoms with Crippen LogP contribution in [0, 0.1) is 17.2 Å². The van der Waals surface area contributed by atoms with Gasteiger partial charge in [0.1, 0.15) is 18.2 Å². The number of hydrogen-bond donors (Lipinski definition) is 1. The summed E-state index contributed by atoms with van der Waals surface area (Å²) < 4.78 is 7.43. The fourth-order valence-electron chi connectivity index (χ4n) is 3.30. The molecule has 4 rings (SSSR count). The molecule has 1 aliphatic rings. The van der Waals surface area contributed by atoms with Crippen LogP contribution in [-0.2, 0) is 22.5 Å². The monoisotopic (exact) mass is 470 g/mol. The topological polar surface area (TPSA) is 169 Å². The molecule has 14 heteroatoms. The van der Waals surface area contributed by atoms with E-state index < -0.39 is 17.2 Å². The Morgan fingerprint density at radius 2 is 2.12 bits per heavy atom. The number of carbonyl (C=O) groups is 2. The number of nitrogens with zero attached hydrogens (tertiary/aromatic N) is 7. The number of rotatable bonds is 7. The van der Waals surface area contributed by atoms with E-state index in [-0.39, 0.29) is 36.2 Å². The Kier molecular flexibility index (Phi) is 6.13. The third-order valence-corrected chi connectivity index (χ3v) is 5.79. The molecule has 1 fully saturated rings. The van der Waals surface area contributed by atoms with Gasteiger partial charge in [-0.15, -0.1) is 16.4 Å². The first kappa shape index (κ1) is 22.1. The second kappa shape index (κ2) is 9.17. The van der Waals surface area contributed by atoms with Crippen molar-refractivity contribution in [2.24, 2.45) is 5.92 Å². The van der Waals surface area contributed by atoms with E-state index in [0.717, 1.165) is 16.5 Å². The van der Waals surface area contributed by atoms with E-state index in [0.29, 0.717) is 24.6 Å². The van der Waals surface area contributed by atoms with Gasteiger partial charge in [0.05, 0.1) is 18.5 Å². The van der Waals surface area contributed by atoms with Crippen molar-refractivity contribution in [3.05, 3.63) is 55.6 Å². The van der Waals surface area contributed by atoms with E-state index in [1.807, 2.05) is 4.98 Å². The number of aromatic amines is 1. The molecule has 33 heavy (non-hydrogen) atoms. The van der Waals surface area contributed by atoms with Gasteiger partial charge in [0.25, 0.3) is 5.56 Å². The van der Waals surface area contributed by atoms with Crippen LogP contribution in [0.5, 0.6) is 0 Å². The van der Waals surface area contributed by atoms with Gasteiger partial charge < -0.3 is 9.64 Å². The number of amides is 1. The quantitative estimate of drug-likeness (QED) is 0.440. The van der Waals surface area contributed by atoms with Crippen molar-refractivity contribution < 1.29 is 14.3 Å². The van der Waals surface area contributed by atoms with E-state index in [2.05, 4.69) is 15.3 Å². The first-order valence-corrected chi connectivity index (χ1v) is 10.8. The standard InChI is InChI=1S/C19H18N8O5S/c1-2-32-17(30)14-10-33-19(21-14)27-8-13(23-24-27)3-11-5-25(6-11)15(28)9-26-7-12(4-20)16(29)22-18(26)31/h7-8,10-11H,2-3,5-6,9H2,1H3,(H,22,29,31). The van der Waals surface area contributed by atoms with Gasteiger partial charge in [0, 0.05) is 24.7 Å². The fourth-order valence-corrected chi connectivity index (χ4v) is 4.02. The van der Waals surface area contributed by atoms with Crippen molar-refractivity contribution in [2.75, 3.05) is 19.7 Å². The van der Waals surface area contributed by atoms with Crippen LogP contribution in [0.1, 0.15) is 28.7 Å². The van der Waals surface area contributed by atoms with E-state index >= 15 is 0 Å². The molecule has 0 atom stereocenters. The molecule has 0 saturated carbocycles. The van der Waals surface area contributed by atoms with Crippen LogP contribution in [-0.4, -0.2) is 66.0 Å². The second-order valence-corrected chi connectivity index (χ2v) is 8.14. The lowest BCUT2D eigenvalue weighted by Crippen LogP contribution is -2.52. The molecule has 0 radical (unpaired) electrons. The molecule has 0 aliphatic carbocycles. The average molecular weight is 470 g/mol. The predicted octanol–water partition coefficient (Wildman–Crippen LogP) is -0.677. The van der Waals surface area contributed by atoms with Gasteiger partial charge in [-0.1, -0.05) is 5.21 Å². The molecule has 1 aliphatic heterocycles. The first-order chi connectivity index (χ1) is 15.9. The number of carbonyl (C=O) groups excluding carboxylic acids is 2. The number of nitriles is 1. The number of nitrogens with one attached hydrogen (secondary N) is 1. The normalized spacial score (nSPS) is 13.4. The molecule has 4 heterocycles. The molecule has 3 aromatic heterocycles. The maximum Gasteiger partial charge on any atom is 0.357 e. The average Bonchev–Trinajstić information content (AvgIpc) is 3.42. The van der Waals surface area contributed by atoms with Crippen LogP contribution in [0.25, 0.3) is 5.13 Å². The summed E-state index contributed by atoms with van der Waals surface area (Å²) in [5.74, 6) is -0.609. The highest BCUT2D eigenvalue weighted by molar-refractivity contribution is 7.12. The van der Waals surface area contributed by atoms with Crippen LogP contribution in [0.2, 0.25) is 0 Å². The van der Waals surface area contributed by atoms with E-state index in [9.17, 15) is 19.2 Å². The molecule has 13 nitrogen and oxygen atoms in total.